The quantitative estimate of drug-likeness (QED) is 0.559. The molecule has 1 aliphatic carbocycles. The second-order valence-corrected chi connectivity index (χ2v) is 8.84. The van der Waals surface area contributed by atoms with Crippen LogP contribution in [0, 0.1) is 0 Å². The third-order valence-electron chi connectivity index (χ3n) is 6.69. The van der Waals surface area contributed by atoms with Crippen LogP contribution in [0.5, 0.6) is 0 Å². The zero-order valence-electron chi connectivity index (χ0n) is 19.1. The first-order valence-corrected chi connectivity index (χ1v) is 11.8. The highest BCUT2D eigenvalue weighted by atomic mass is 16.5. The summed E-state index contributed by atoms with van der Waals surface area (Å²) in [5.74, 6) is -1.75. The molecule has 2 amide bonds. The molecule has 178 valence electrons. The van der Waals surface area contributed by atoms with E-state index in [2.05, 4.69) is 5.32 Å². The molecule has 1 unspecified atom stereocenters. The number of anilines is 1. The number of ether oxygens (including phenoxy) is 1. The van der Waals surface area contributed by atoms with Gasteiger partial charge < -0.3 is 20.1 Å². The Bertz CT molecular complexity index is 1240. The minimum atomic E-state index is -1.23. The average molecular weight is 471 g/mol. The highest BCUT2D eigenvalue weighted by molar-refractivity contribution is 6.01. The van der Waals surface area contributed by atoms with Crippen molar-refractivity contribution in [2.75, 3.05) is 18.1 Å². The van der Waals surface area contributed by atoms with E-state index in [9.17, 15) is 19.5 Å². The van der Waals surface area contributed by atoms with E-state index in [4.69, 9.17) is 4.74 Å². The van der Waals surface area contributed by atoms with Gasteiger partial charge in [0.1, 0.15) is 12.6 Å². The Labute approximate surface area is 203 Å². The molecule has 1 aliphatic heterocycles. The zero-order valence-corrected chi connectivity index (χ0v) is 19.1. The fourth-order valence-electron chi connectivity index (χ4n) is 5.11. The number of carbonyl (C=O) groups is 3. The molecule has 0 spiro atoms. The summed E-state index contributed by atoms with van der Waals surface area (Å²) in [6, 6.07) is 22.3. The molecule has 7 nitrogen and oxygen atoms in total. The number of aryl methyl sites for hydroxylation is 1. The lowest BCUT2D eigenvalue weighted by Crippen LogP contribution is -2.51. The number of hydrogen-bond donors (Lipinski definition) is 2. The van der Waals surface area contributed by atoms with Crippen molar-refractivity contribution in [3.63, 3.8) is 0 Å². The van der Waals surface area contributed by atoms with Crippen LogP contribution in [0.1, 0.15) is 35.4 Å². The molecule has 0 aromatic heterocycles. The van der Waals surface area contributed by atoms with Gasteiger partial charge in [-0.3, -0.25) is 9.59 Å². The highest BCUT2D eigenvalue weighted by Gasteiger charge is 2.33. The number of carboxylic acid groups (broad SMARTS) is 1. The Kier molecular flexibility index (Phi) is 6.23. The van der Waals surface area contributed by atoms with Crippen LogP contribution in [0.25, 0.3) is 11.1 Å². The fourth-order valence-corrected chi connectivity index (χ4v) is 5.11. The van der Waals surface area contributed by atoms with Gasteiger partial charge in [-0.2, -0.15) is 0 Å². The molecular formula is C28H26N2O5. The predicted octanol–water partition coefficient (Wildman–Crippen LogP) is 4.35. The van der Waals surface area contributed by atoms with Crippen molar-refractivity contribution in [2.24, 2.45) is 0 Å². The number of aliphatic carboxylic acids is 1. The first-order valence-electron chi connectivity index (χ1n) is 11.8. The molecule has 2 aliphatic rings. The van der Waals surface area contributed by atoms with Crippen LogP contribution in [-0.2, 0) is 20.7 Å². The van der Waals surface area contributed by atoms with E-state index in [1.54, 1.807) is 4.90 Å². The van der Waals surface area contributed by atoms with Crippen LogP contribution in [0.2, 0.25) is 0 Å². The molecule has 3 aromatic carbocycles. The summed E-state index contributed by atoms with van der Waals surface area (Å²) in [6.45, 7) is 0.554. The lowest BCUT2D eigenvalue weighted by Gasteiger charge is -2.32. The Hall–Kier alpha value is -4.13. The van der Waals surface area contributed by atoms with Crippen LogP contribution in [0.3, 0.4) is 0 Å². The van der Waals surface area contributed by atoms with E-state index in [-0.39, 0.29) is 12.5 Å². The van der Waals surface area contributed by atoms with Crippen LogP contribution in [-0.4, -0.2) is 42.3 Å². The number of benzene rings is 3. The minimum absolute atomic E-state index is 0.0837. The van der Waals surface area contributed by atoms with E-state index < -0.39 is 30.4 Å². The Morgan fingerprint density at radius 1 is 0.943 bits per heavy atom. The topological polar surface area (TPSA) is 95.9 Å². The second-order valence-electron chi connectivity index (χ2n) is 8.84. The van der Waals surface area contributed by atoms with Gasteiger partial charge in [-0.25, -0.2) is 4.79 Å². The molecule has 1 heterocycles. The van der Waals surface area contributed by atoms with Gasteiger partial charge in [0.05, 0.1) is 6.42 Å². The molecule has 7 heteroatoms. The second kappa shape index (κ2) is 9.62. The average Bonchev–Trinajstić information content (AvgIpc) is 3.20. The largest absolute Gasteiger partial charge is 0.481 e. The van der Waals surface area contributed by atoms with Gasteiger partial charge in [0.2, 0.25) is 5.91 Å². The van der Waals surface area contributed by atoms with Crippen LogP contribution in [0.4, 0.5) is 10.5 Å². The lowest BCUT2D eigenvalue weighted by atomic mass is 9.98. The summed E-state index contributed by atoms with van der Waals surface area (Å²) in [6.07, 6.45) is 0.287. The number of fused-ring (bicyclic) bond motifs is 4. The van der Waals surface area contributed by atoms with Crippen molar-refractivity contribution in [1.29, 1.82) is 0 Å². The summed E-state index contributed by atoms with van der Waals surface area (Å²) in [4.78, 5) is 39.1. The number of alkyl carbamates (subject to hydrolysis) is 1. The maximum absolute atomic E-state index is 13.3. The van der Waals surface area contributed by atoms with Gasteiger partial charge in [0, 0.05) is 18.2 Å². The molecule has 5 rings (SSSR count). The normalized spacial score (nSPS) is 14.9. The van der Waals surface area contributed by atoms with Crippen molar-refractivity contribution in [3.05, 3.63) is 89.5 Å². The van der Waals surface area contributed by atoms with E-state index >= 15 is 0 Å². The smallest absolute Gasteiger partial charge is 0.407 e. The number of nitrogens with zero attached hydrogens (tertiary/aromatic N) is 1. The number of rotatable bonds is 6. The number of amides is 2. The van der Waals surface area contributed by atoms with Gasteiger partial charge >= 0.3 is 12.1 Å². The summed E-state index contributed by atoms with van der Waals surface area (Å²) in [7, 11) is 0. The Balaban J connectivity index is 1.30. The summed E-state index contributed by atoms with van der Waals surface area (Å²) < 4.78 is 5.54. The number of nitrogens with one attached hydrogen (secondary N) is 1. The summed E-state index contributed by atoms with van der Waals surface area (Å²) in [5, 5.41) is 11.9. The summed E-state index contributed by atoms with van der Waals surface area (Å²) >= 11 is 0. The van der Waals surface area contributed by atoms with E-state index in [1.165, 1.54) is 0 Å². The third kappa shape index (κ3) is 4.49. The van der Waals surface area contributed by atoms with E-state index in [0.29, 0.717) is 6.54 Å². The fraction of sp³-hybridized carbons (Fsp3) is 0.250. The van der Waals surface area contributed by atoms with Gasteiger partial charge in [-0.05, 0) is 46.7 Å². The zero-order chi connectivity index (χ0) is 24.4. The maximum Gasteiger partial charge on any atom is 0.407 e. The maximum atomic E-state index is 13.3. The van der Waals surface area contributed by atoms with Gasteiger partial charge in [0.25, 0.3) is 0 Å². The molecule has 0 fully saturated rings. The number of hydrogen-bond acceptors (Lipinski definition) is 4. The summed E-state index contributed by atoms with van der Waals surface area (Å²) in [5.41, 5.74) is 6.16. The van der Waals surface area contributed by atoms with Crippen molar-refractivity contribution < 1.29 is 24.2 Å². The van der Waals surface area contributed by atoms with Crippen molar-refractivity contribution in [1.82, 2.24) is 5.32 Å². The van der Waals surface area contributed by atoms with Crippen molar-refractivity contribution in [3.8, 4) is 11.1 Å². The van der Waals surface area contributed by atoms with Gasteiger partial charge in [-0.1, -0.05) is 66.7 Å². The minimum Gasteiger partial charge on any atom is -0.481 e. The molecular weight excluding hydrogens is 444 g/mol. The van der Waals surface area contributed by atoms with Crippen LogP contribution >= 0.6 is 0 Å². The standard InChI is InChI=1S/C28H26N2O5/c31-26(32)16-24(27(33)30-15-7-9-18-8-1-6-14-25(18)30)29-28(34)35-17-23-21-12-4-2-10-19(21)20-11-3-5-13-22(20)23/h1-6,8,10-14,23-24H,7,9,15-17H2,(H,29,34)(H,31,32). The lowest BCUT2D eigenvalue weighted by molar-refractivity contribution is -0.139. The monoisotopic (exact) mass is 470 g/mol. The molecule has 0 radical (unpaired) electrons. The predicted molar refractivity (Wildman–Crippen MR) is 131 cm³/mol. The molecule has 1 atom stereocenters. The SMILES string of the molecule is O=C(O)CC(NC(=O)OCC1c2ccccc2-c2ccccc21)C(=O)N1CCCc2ccccc21. The molecule has 35 heavy (non-hydrogen) atoms. The number of para-hydroxylation sites is 1. The molecule has 0 saturated carbocycles. The first-order chi connectivity index (χ1) is 17.0. The van der Waals surface area contributed by atoms with Crippen molar-refractivity contribution in [2.45, 2.75) is 31.2 Å². The van der Waals surface area contributed by atoms with Crippen LogP contribution in [0.15, 0.2) is 72.8 Å². The third-order valence-corrected chi connectivity index (χ3v) is 6.69. The molecule has 2 N–H and O–H groups in total. The van der Waals surface area contributed by atoms with Crippen molar-refractivity contribution >= 4 is 23.7 Å². The molecule has 0 bridgehead atoms. The number of carbonyl (C=O) groups excluding carboxylic acids is 2. The molecule has 3 aromatic rings. The van der Waals surface area contributed by atoms with E-state index in [1.807, 2.05) is 72.8 Å². The Morgan fingerprint density at radius 2 is 1.57 bits per heavy atom. The highest BCUT2D eigenvalue weighted by Crippen LogP contribution is 2.44. The van der Waals surface area contributed by atoms with Gasteiger partial charge in [-0.15, -0.1) is 0 Å². The van der Waals surface area contributed by atoms with E-state index in [0.717, 1.165) is 46.3 Å². The van der Waals surface area contributed by atoms with Crippen LogP contribution < -0.4 is 10.2 Å². The van der Waals surface area contributed by atoms with Gasteiger partial charge in [0.15, 0.2) is 0 Å². The Morgan fingerprint density at radius 3 is 2.26 bits per heavy atom. The molecule has 0 saturated heterocycles. The number of carboxylic acids is 1. The first kappa shape index (κ1) is 22.7.